The van der Waals surface area contributed by atoms with Gasteiger partial charge in [-0.25, -0.2) is 14.4 Å². The van der Waals surface area contributed by atoms with Crippen LogP contribution in [0.25, 0.3) is 0 Å². The van der Waals surface area contributed by atoms with E-state index in [9.17, 15) is 9.18 Å². The Morgan fingerprint density at radius 2 is 2.17 bits per heavy atom. The van der Waals surface area contributed by atoms with Crippen LogP contribution in [0.5, 0.6) is 0 Å². The van der Waals surface area contributed by atoms with Gasteiger partial charge in [0.1, 0.15) is 12.2 Å². The van der Waals surface area contributed by atoms with Crippen molar-refractivity contribution in [3.8, 4) is 0 Å². The summed E-state index contributed by atoms with van der Waals surface area (Å²) in [7, 11) is 0. The average molecular weight is 400 g/mol. The van der Waals surface area contributed by atoms with Crippen molar-refractivity contribution in [1.29, 1.82) is 0 Å². The van der Waals surface area contributed by atoms with E-state index in [0.29, 0.717) is 30.9 Å². The molecular formula is C22H30FN5O. The maximum atomic E-state index is 14.4. The molecule has 0 aromatic heterocycles. The van der Waals surface area contributed by atoms with Crippen molar-refractivity contribution >= 4 is 24.2 Å². The van der Waals surface area contributed by atoms with Gasteiger partial charge in [-0.2, -0.15) is 5.10 Å². The molecule has 1 aromatic carbocycles. The first-order chi connectivity index (χ1) is 13.7. The second-order valence-corrected chi connectivity index (χ2v) is 7.47. The van der Waals surface area contributed by atoms with E-state index in [4.69, 9.17) is 0 Å². The molecule has 7 heteroatoms. The van der Waals surface area contributed by atoms with Crippen molar-refractivity contribution < 1.29 is 9.18 Å². The highest BCUT2D eigenvalue weighted by molar-refractivity contribution is 6.03. The van der Waals surface area contributed by atoms with Gasteiger partial charge < -0.3 is 5.32 Å². The van der Waals surface area contributed by atoms with Crippen LogP contribution in [0.3, 0.4) is 0 Å². The molecule has 1 aliphatic rings. The molecule has 0 spiro atoms. The number of carbonyl (C=O) groups excluding carboxylic acids is 1. The van der Waals surface area contributed by atoms with Gasteiger partial charge in [0.15, 0.2) is 5.84 Å². The smallest absolute Gasteiger partial charge is 0.241 e. The molecule has 156 valence electrons. The minimum atomic E-state index is -1.44. The summed E-state index contributed by atoms with van der Waals surface area (Å²) in [6.45, 7) is 12.2. The number of aryl methyl sites for hydroxylation is 1. The van der Waals surface area contributed by atoms with Gasteiger partial charge in [-0.15, -0.1) is 0 Å². The number of nitrogens with one attached hydrogen (secondary N) is 1. The van der Waals surface area contributed by atoms with E-state index in [1.807, 2.05) is 26.0 Å². The number of carbonyl (C=O) groups is 1. The zero-order chi connectivity index (χ0) is 21.4. The number of rotatable bonds is 7. The van der Waals surface area contributed by atoms with Crippen LogP contribution in [0, 0.1) is 0 Å². The Bertz CT molecular complexity index is 836. The number of halogens is 1. The molecule has 1 amide bonds. The quantitative estimate of drug-likeness (QED) is 0.562. The third kappa shape index (κ3) is 6.62. The summed E-state index contributed by atoms with van der Waals surface area (Å²) in [6.07, 6.45) is 4.93. The molecule has 0 bridgehead atoms. The largest absolute Gasteiger partial charge is 0.353 e. The molecule has 0 radical (unpaired) electrons. The van der Waals surface area contributed by atoms with Crippen LogP contribution in [0.15, 0.2) is 45.6 Å². The van der Waals surface area contributed by atoms with E-state index < -0.39 is 5.67 Å². The van der Waals surface area contributed by atoms with Crippen LogP contribution in [0.1, 0.15) is 50.8 Å². The van der Waals surface area contributed by atoms with E-state index in [2.05, 4.69) is 27.1 Å². The zero-order valence-corrected chi connectivity index (χ0v) is 17.7. The first-order valence-electron chi connectivity index (χ1n) is 9.82. The predicted octanol–water partition coefficient (Wildman–Crippen LogP) is 3.61. The number of aliphatic imine (C=N–C) groups is 2. The molecule has 0 unspecified atom stereocenters. The summed E-state index contributed by atoms with van der Waals surface area (Å²) in [4.78, 5) is 19.9. The van der Waals surface area contributed by atoms with E-state index >= 15 is 0 Å². The molecule has 29 heavy (non-hydrogen) atoms. The van der Waals surface area contributed by atoms with Crippen LogP contribution in [0.4, 0.5) is 4.39 Å². The molecule has 1 heterocycles. The van der Waals surface area contributed by atoms with Gasteiger partial charge in [0.2, 0.25) is 5.91 Å². The molecule has 1 fully saturated rings. The minimum absolute atomic E-state index is 0.0138. The van der Waals surface area contributed by atoms with Crippen molar-refractivity contribution in [3.63, 3.8) is 0 Å². The van der Waals surface area contributed by atoms with Gasteiger partial charge in [-0.05, 0) is 51.1 Å². The molecule has 1 aromatic rings. The summed E-state index contributed by atoms with van der Waals surface area (Å²) >= 11 is 0. The second-order valence-electron chi connectivity index (χ2n) is 7.47. The highest BCUT2D eigenvalue weighted by Crippen LogP contribution is 2.27. The van der Waals surface area contributed by atoms with E-state index in [-0.39, 0.29) is 12.5 Å². The Morgan fingerprint density at radius 3 is 2.79 bits per heavy atom. The molecule has 1 N–H and O–H groups in total. The van der Waals surface area contributed by atoms with Crippen LogP contribution < -0.4 is 5.32 Å². The number of piperazine rings is 1. The number of amides is 1. The van der Waals surface area contributed by atoms with Crippen molar-refractivity contribution in [3.05, 3.63) is 47.2 Å². The van der Waals surface area contributed by atoms with Crippen molar-refractivity contribution in [2.75, 3.05) is 19.6 Å². The monoisotopic (exact) mass is 399 g/mol. The molecule has 2 rings (SSSR count). The third-order valence-electron chi connectivity index (χ3n) is 4.61. The number of benzene rings is 1. The van der Waals surface area contributed by atoms with Gasteiger partial charge in [-0.3, -0.25) is 9.80 Å². The molecular weight excluding hydrogens is 369 g/mol. The maximum Gasteiger partial charge on any atom is 0.241 e. The van der Waals surface area contributed by atoms with Gasteiger partial charge in [0, 0.05) is 30.4 Å². The van der Waals surface area contributed by atoms with Gasteiger partial charge in [-0.1, -0.05) is 25.1 Å². The maximum absolute atomic E-state index is 14.4. The highest BCUT2D eigenvalue weighted by Gasteiger charge is 2.21. The number of amidine groups is 1. The lowest BCUT2D eigenvalue weighted by molar-refractivity contribution is -0.124. The molecule has 0 atom stereocenters. The normalized spacial score (nSPS) is 16.3. The van der Waals surface area contributed by atoms with Crippen LogP contribution >= 0.6 is 0 Å². The summed E-state index contributed by atoms with van der Waals surface area (Å²) in [5.74, 6) is 0.451. The topological polar surface area (TPSA) is 69.4 Å². The van der Waals surface area contributed by atoms with Crippen molar-refractivity contribution in [2.24, 2.45) is 15.1 Å². The fourth-order valence-corrected chi connectivity index (χ4v) is 3.00. The Morgan fingerprint density at radius 1 is 1.41 bits per heavy atom. The van der Waals surface area contributed by atoms with Crippen LogP contribution in [-0.2, 0) is 16.9 Å². The van der Waals surface area contributed by atoms with Crippen LogP contribution in [-0.4, -0.2) is 48.8 Å². The first kappa shape index (κ1) is 22.5. The Balaban J connectivity index is 2.13. The summed E-state index contributed by atoms with van der Waals surface area (Å²) in [5, 5.41) is 9.00. The lowest BCUT2D eigenvalue weighted by Gasteiger charge is -2.24. The molecule has 1 saturated heterocycles. The number of nitrogens with zero attached hydrogens (tertiary/aromatic N) is 4. The van der Waals surface area contributed by atoms with E-state index in [1.165, 1.54) is 13.8 Å². The molecule has 0 saturated carbocycles. The first-order valence-corrected chi connectivity index (χ1v) is 9.82. The Kier molecular flexibility index (Phi) is 7.82. The van der Waals surface area contributed by atoms with Gasteiger partial charge >= 0.3 is 0 Å². The molecule has 1 aliphatic heterocycles. The fraction of sp³-hybridized carbons (Fsp3) is 0.455. The third-order valence-corrected chi connectivity index (χ3v) is 4.61. The van der Waals surface area contributed by atoms with Gasteiger partial charge in [0.25, 0.3) is 0 Å². The van der Waals surface area contributed by atoms with Crippen molar-refractivity contribution in [1.82, 2.24) is 10.3 Å². The summed E-state index contributed by atoms with van der Waals surface area (Å²) in [6, 6.07) is 5.52. The molecule has 6 nitrogen and oxygen atoms in total. The highest BCUT2D eigenvalue weighted by atomic mass is 19.1. The number of hydrogen-bond acceptors (Lipinski definition) is 4. The van der Waals surface area contributed by atoms with E-state index in [0.717, 1.165) is 23.3 Å². The van der Waals surface area contributed by atoms with Gasteiger partial charge in [0.05, 0.1) is 6.54 Å². The number of hydrogen-bond donors (Lipinski definition) is 1. The predicted molar refractivity (Wildman–Crippen MR) is 117 cm³/mol. The Hall–Kier alpha value is -2.83. The number of alkyl halides is 1. The standard InChI is InChI=1S/C22H30FN5O/c1-6-17-9-10-18(22(3,4)23)14-19(17)21(24-5)26-11-7-8-16(2)27-28-13-12-25-20(29)15-28/h7,9-11,14H,5-6,8,12-13,15H2,1-4H3,(H,25,29)/b11-7-,26-21?,27-16+. The van der Waals surface area contributed by atoms with E-state index in [1.54, 1.807) is 23.3 Å². The van der Waals surface area contributed by atoms with Crippen molar-refractivity contribution in [2.45, 2.75) is 46.2 Å². The number of hydrazone groups is 1. The molecule has 0 aliphatic carbocycles. The second kappa shape index (κ2) is 10.1. The number of allylic oxidation sites excluding steroid dienone is 1. The summed E-state index contributed by atoms with van der Waals surface area (Å²) in [5.41, 5.74) is 1.86. The minimum Gasteiger partial charge on any atom is -0.353 e. The Labute approximate surface area is 172 Å². The SMILES string of the molecule is C=NC(=N/C=C\C/C(C)=N/N1CCNC(=O)C1)c1cc(C(C)(C)F)ccc1CC. The zero-order valence-electron chi connectivity index (χ0n) is 17.7. The lowest BCUT2D eigenvalue weighted by atomic mass is 9.94. The average Bonchev–Trinajstić information content (AvgIpc) is 2.67. The van der Waals surface area contributed by atoms with Crippen LogP contribution in [0.2, 0.25) is 0 Å². The lowest BCUT2D eigenvalue weighted by Crippen LogP contribution is -2.45. The summed E-state index contributed by atoms with van der Waals surface area (Å²) < 4.78 is 14.4. The fourth-order valence-electron chi connectivity index (χ4n) is 3.00.